The van der Waals surface area contributed by atoms with E-state index in [9.17, 15) is 9.59 Å². The average molecular weight is 577 g/mol. The SMILES string of the molecule is CCCCCOc1c(OC)ccc(N2CCCN(Cc3ccnc4c3c(Cl)cn4CC(=O)N(C)C)C2=O)c1Cl. The number of unbranched alkanes of at least 4 members (excludes halogenated alkanes) is 2. The molecule has 2 aromatic heterocycles. The van der Waals surface area contributed by atoms with Crippen molar-refractivity contribution in [3.05, 3.63) is 46.2 Å². The van der Waals surface area contributed by atoms with Gasteiger partial charge in [-0.3, -0.25) is 9.69 Å². The van der Waals surface area contributed by atoms with Gasteiger partial charge in [0, 0.05) is 51.5 Å². The van der Waals surface area contributed by atoms with Gasteiger partial charge in [-0.05, 0) is 36.6 Å². The smallest absolute Gasteiger partial charge is 0.324 e. The second-order valence-electron chi connectivity index (χ2n) is 9.76. The largest absolute Gasteiger partial charge is 0.493 e. The summed E-state index contributed by atoms with van der Waals surface area (Å²) in [6.45, 7) is 4.24. The number of hydrogen-bond donors (Lipinski definition) is 0. The Hall–Kier alpha value is -3.17. The molecule has 1 aliphatic heterocycles. The highest BCUT2D eigenvalue weighted by atomic mass is 35.5. The Bertz CT molecular complexity index is 1340. The number of halogens is 2. The monoisotopic (exact) mass is 575 g/mol. The maximum atomic E-state index is 13.7. The van der Waals surface area contributed by atoms with Crippen molar-refractivity contribution < 1.29 is 19.1 Å². The van der Waals surface area contributed by atoms with Gasteiger partial charge in [0.1, 0.15) is 17.2 Å². The molecule has 0 N–H and O–H groups in total. The lowest BCUT2D eigenvalue weighted by Crippen LogP contribution is -2.49. The highest BCUT2D eigenvalue weighted by molar-refractivity contribution is 6.36. The summed E-state index contributed by atoms with van der Waals surface area (Å²) in [5, 5.41) is 1.59. The third kappa shape index (κ3) is 6.20. The summed E-state index contributed by atoms with van der Waals surface area (Å²) in [6, 6.07) is 5.28. The first-order valence-electron chi connectivity index (χ1n) is 13.1. The summed E-state index contributed by atoms with van der Waals surface area (Å²) in [7, 11) is 4.99. The van der Waals surface area contributed by atoms with Crippen molar-refractivity contribution in [2.45, 2.75) is 45.7 Å². The van der Waals surface area contributed by atoms with Gasteiger partial charge in [0.15, 0.2) is 11.5 Å². The van der Waals surface area contributed by atoms with Crippen LogP contribution in [-0.2, 0) is 17.9 Å². The van der Waals surface area contributed by atoms with Gasteiger partial charge in [-0.1, -0.05) is 43.0 Å². The molecule has 0 bridgehead atoms. The fourth-order valence-corrected chi connectivity index (χ4v) is 5.32. The van der Waals surface area contributed by atoms with Crippen LogP contribution >= 0.6 is 23.2 Å². The Morgan fingerprint density at radius 1 is 1.15 bits per heavy atom. The van der Waals surface area contributed by atoms with E-state index < -0.39 is 0 Å². The number of rotatable bonds is 11. The van der Waals surface area contributed by atoms with Crippen LogP contribution in [0, 0.1) is 0 Å². The van der Waals surface area contributed by atoms with Gasteiger partial charge < -0.3 is 23.8 Å². The summed E-state index contributed by atoms with van der Waals surface area (Å²) in [4.78, 5) is 35.5. The Morgan fingerprint density at radius 2 is 1.95 bits per heavy atom. The van der Waals surface area contributed by atoms with Crippen LogP contribution in [0.3, 0.4) is 0 Å². The summed E-state index contributed by atoms with van der Waals surface area (Å²) < 4.78 is 13.2. The van der Waals surface area contributed by atoms with Crippen LogP contribution in [0.1, 0.15) is 38.2 Å². The molecule has 0 spiro atoms. The van der Waals surface area contributed by atoms with Crippen LogP contribution in [0.15, 0.2) is 30.6 Å². The average Bonchev–Trinajstić information content (AvgIpc) is 3.24. The Morgan fingerprint density at radius 3 is 2.67 bits per heavy atom. The molecule has 0 radical (unpaired) electrons. The van der Waals surface area contributed by atoms with Gasteiger partial charge in [0.2, 0.25) is 5.91 Å². The van der Waals surface area contributed by atoms with E-state index in [4.69, 9.17) is 32.7 Å². The minimum absolute atomic E-state index is 0.0669. The maximum Gasteiger partial charge on any atom is 0.324 e. The molecular weight excluding hydrogens is 541 g/mol. The van der Waals surface area contributed by atoms with Gasteiger partial charge in [0.05, 0.1) is 24.4 Å². The third-order valence-electron chi connectivity index (χ3n) is 6.82. The molecule has 3 aromatic rings. The van der Waals surface area contributed by atoms with Crippen molar-refractivity contribution in [2.75, 3.05) is 45.8 Å². The number of aromatic nitrogens is 2. The lowest BCUT2D eigenvalue weighted by molar-refractivity contribution is -0.129. The molecule has 1 aliphatic rings. The van der Waals surface area contributed by atoms with Crippen molar-refractivity contribution >= 4 is 51.9 Å². The standard InChI is InChI=1S/C28H35Cl2N5O4/c1-5-6-7-15-39-26-22(38-4)10-9-21(25(26)30)35-14-8-13-33(28(35)37)16-19-11-12-31-27-24(19)20(29)17-34(27)18-23(36)32(2)3/h9-12,17H,5-8,13-16,18H2,1-4H3. The molecule has 11 heteroatoms. The lowest BCUT2D eigenvalue weighted by atomic mass is 10.1. The van der Waals surface area contributed by atoms with Crippen LogP contribution in [-0.4, -0.2) is 72.2 Å². The normalized spacial score (nSPS) is 13.7. The molecule has 1 aromatic carbocycles. The molecular formula is C28H35Cl2N5O4. The van der Waals surface area contributed by atoms with Crippen LogP contribution in [0.4, 0.5) is 10.5 Å². The summed E-state index contributed by atoms with van der Waals surface area (Å²) >= 11 is 13.4. The second kappa shape index (κ2) is 12.8. The fraction of sp³-hybridized carbons (Fsp3) is 0.464. The first-order valence-corrected chi connectivity index (χ1v) is 13.9. The zero-order chi connectivity index (χ0) is 28.1. The number of pyridine rings is 1. The van der Waals surface area contributed by atoms with Gasteiger partial charge >= 0.3 is 6.03 Å². The number of benzene rings is 1. The second-order valence-corrected chi connectivity index (χ2v) is 10.5. The van der Waals surface area contributed by atoms with Crippen molar-refractivity contribution in [1.82, 2.24) is 19.4 Å². The maximum absolute atomic E-state index is 13.7. The first-order chi connectivity index (χ1) is 18.8. The summed E-state index contributed by atoms with van der Waals surface area (Å²) in [5.41, 5.74) is 2.05. The van der Waals surface area contributed by atoms with E-state index in [1.807, 2.05) is 6.07 Å². The van der Waals surface area contributed by atoms with Crippen LogP contribution in [0.5, 0.6) is 11.5 Å². The minimum atomic E-state index is -0.159. The molecule has 3 amide bonds. The van der Waals surface area contributed by atoms with E-state index in [2.05, 4.69) is 11.9 Å². The number of anilines is 1. The number of nitrogens with zero attached hydrogens (tertiary/aromatic N) is 5. The Labute approximate surface area is 239 Å². The molecule has 1 fully saturated rings. The number of methoxy groups -OCH3 is 1. The topological polar surface area (TPSA) is 80.1 Å². The highest BCUT2D eigenvalue weighted by Gasteiger charge is 2.30. The number of likely N-dealkylation sites (N-methyl/N-ethyl adjacent to an activating group) is 1. The number of carbonyl (C=O) groups is 2. The number of ether oxygens (including phenoxy) is 2. The predicted molar refractivity (Wildman–Crippen MR) is 154 cm³/mol. The van der Waals surface area contributed by atoms with Crippen LogP contribution in [0.25, 0.3) is 11.0 Å². The van der Waals surface area contributed by atoms with Crippen LogP contribution in [0.2, 0.25) is 10.0 Å². The molecule has 210 valence electrons. The van der Waals surface area contributed by atoms with E-state index >= 15 is 0 Å². The zero-order valence-corrected chi connectivity index (χ0v) is 24.4. The van der Waals surface area contributed by atoms with E-state index in [1.165, 1.54) is 4.90 Å². The molecule has 0 aliphatic carbocycles. The third-order valence-corrected chi connectivity index (χ3v) is 7.47. The summed E-state index contributed by atoms with van der Waals surface area (Å²) in [5.74, 6) is 0.921. The van der Waals surface area contributed by atoms with Crippen molar-refractivity contribution in [3.8, 4) is 11.5 Å². The van der Waals surface area contributed by atoms with Gasteiger partial charge in [0.25, 0.3) is 0 Å². The van der Waals surface area contributed by atoms with Crippen molar-refractivity contribution in [2.24, 2.45) is 0 Å². The zero-order valence-electron chi connectivity index (χ0n) is 22.9. The number of carbonyl (C=O) groups excluding carboxylic acids is 2. The molecule has 4 rings (SSSR count). The number of amides is 3. The molecule has 3 heterocycles. The number of fused-ring (bicyclic) bond motifs is 1. The van der Waals surface area contributed by atoms with Crippen molar-refractivity contribution in [1.29, 1.82) is 0 Å². The molecule has 0 saturated carbocycles. The minimum Gasteiger partial charge on any atom is -0.493 e. The van der Waals surface area contributed by atoms with Gasteiger partial charge in [-0.25, -0.2) is 9.78 Å². The highest BCUT2D eigenvalue weighted by Crippen LogP contribution is 2.43. The Kier molecular flexibility index (Phi) is 9.45. The van der Waals surface area contributed by atoms with Gasteiger partial charge in [-0.15, -0.1) is 0 Å². The Balaban J connectivity index is 1.58. The van der Waals surface area contributed by atoms with Gasteiger partial charge in [-0.2, -0.15) is 0 Å². The molecule has 0 unspecified atom stereocenters. The number of hydrogen-bond acceptors (Lipinski definition) is 5. The first kappa shape index (κ1) is 28.8. The molecule has 0 atom stereocenters. The molecule has 39 heavy (non-hydrogen) atoms. The summed E-state index contributed by atoms with van der Waals surface area (Å²) in [6.07, 6.45) is 7.21. The quantitative estimate of drug-likeness (QED) is 0.268. The fourth-order valence-electron chi connectivity index (χ4n) is 4.68. The van der Waals surface area contributed by atoms with E-state index in [1.54, 1.807) is 60.1 Å². The van der Waals surface area contributed by atoms with Crippen LogP contribution < -0.4 is 14.4 Å². The molecule has 1 saturated heterocycles. The predicted octanol–water partition coefficient (Wildman–Crippen LogP) is 5.84. The van der Waals surface area contributed by atoms with E-state index in [-0.39, 0.29) is 18.5 Å². The number of urea groups is 1. The molecule has 9 nitrogen and oxygen atoms in total. The lowest BCUT2D eigenvalue weighted by Gasteiger charge is -2.36. The van der Waals surface area contributed by atoms with Crippen molar-refractivity contribution in [3.63, 3.8) is 0 Å². The van der Waals surface area contributed by atoms with E-state index in [0.717, 1.165) is 36.6 Å². The van der Waals surface area contributed by atoms with E-state index in [0.29, 0.717) is 59.1 Å².